The first-order chi connectivity index (χ1) is 6.25. The van der Waals surface area contributed by atoms with Crippen molar-refractivity contribution in [2.45, 2.75) is 26.7 Å². The van der Waals surface area contributed by atoms with Gasteiger partial charge in [-0.15, -0.1) is 0 Å². The lowest BCUT2D eigenvalue weighted by atomic mass is 10.1. The first kappa shape index (κ1) is 8.53. The second kappa shape index (κ2) is 3.36. The van der Waals surface area contributed by atoms with E-state index in [4.69, 9.17) is 4.52 Å². The summed E-state index contributed by atoms with van der Waals surface area (Å²) >= 11 is 0. The molecule has 1 aromatic rings. The van der Waals surface area contributed by atoms with Crippen LogP contribution >= 0.6 is 0 Å². The van der Waals surface area contributed by atoms with E-state index in [9.17, 15) is 0 Å². The van der Waals surface area contributed by atoms with Gasteiger partial charge in [0.1, 0.15) is 0 Å². The van der Waals surface area contributed by atoms with Crippen LogP contribution in [0.3, 0.4) is 0 Å². The highest BCUT2D eigenvalue weighted by Gasteiger charge is 2.27. The summed E-state index contributed by atoms with van der Waals surface area (Å²) in [5.74, 6) is 2.31. The average molecular weight is 181 g/mol. The molecule has 1 unspecified atom stereocenters. The van der Waals surface area contributed by atoms with Gasteiger partial charge in [0.25, 0.3) is 0 Å². The Morgan fingerprint density at radius 2 is 2.38 bits per heavy atom. The zero-order chi connectivity index (χ0) is 9.26. The molecule has 0 aliphatic heterocycles. The number of aryl methyl sites for hydroxylation is 1. The molecule has 0 aromatic carbocycles. The third-order valence-corrected chi connectivity index (χ3v) is 2.53. The summed E-state index contributed by atoms with van der Waals surface area (Å²) in [6, 6.07) is 0.546. The fraction of sp³-hybridized carbons (Fsp3) is 0.778. The molecule has 2 rings (SSSR count). The largest absolute Gasteiger partial charge is 0.337 e. The second-order valence-electron chi connectivity index (χ2n) is 3.84. The highest BCUT2D eigenvalue weighted by molar-refractivity contribution is 5.17. The molecule has 1 atom stereocenters. The Labute approximate surface area is 77.7 Å². The van der Waals surface area contributed by atoms with Crippen LogP contribution < -0.4 is 5.32 Å². The normalized spacial score (nSPS) is 18.6. The Morgan fingerprint density at radius 3 is 2.92 bits per heavy atom. The molecule has 0 amide bonds. The molecule has 13 heavy (non-hydrogen) atoms. The van der Waals surface area contributed by atoms with E-state index in [0.29, 0.717) is 17.8 Å². The van der Waals surface area contributed by atoms with Crippen LogP contribution in [-0.4, -0.2) is 16.7 Å². The molecular formula is C9H15N3O. The molecule has 1 heterocycles. The van der Waals surface area contributed by atoms with Crippen LogP contribution in [0.1, 0.15) is 25.6 Å². The Bertz CT molecular complexity index is 280. The summed E-state index contributed by atoms with van der Waals surface area (Å²) in [5, 5.41) is 6.85. The van der Waals surface area contributed by atoms with Crippen LogP contribution in [0.15, 0.2) is 4.52 Å². The molecule has 1 aliphatic carbocycles. The third-order valence-electron chi connectivity index (χ3n) is 2.53. The Hall–Kier alpha value is -1.06. The Kier molecular flexibility index (Phi) is 2.20. The van der Waals surface area contributed by atoms with Gasteiger partial charge in [0, 0.05) is 6.54 Å². The number of rotatable bonds is 4. The number of hydrogen-bond donors (Lipinski definition) is 1. The van der Waals surface area contributed by atoms with Gasteiger partial charge in [0.05, 0.1) is 0 Å². The van der Waals surface area contributed by atoms with Gasteiger partial charge in [-0.1, -0.05) is 12.1 Å². The molecular weight excluding hydrogens is 166 g/mol. The fourth-order valence-electron chi connectivity index (χ4n) is 1.45. The Balaban J connectivity index is 1.78. The third kappa shape index (κ3) is 2.20. The van der Waals surface area contributed by atoms with Crippen molar-refractivity contribution in [3.05, 3.63) is 5.82 Å². The number of hydrogen-bond acceptors (Lipinski definition) is 4. The maximum atomic E-state index is 4.94. The van der Waals surface area contributed by atoms with Crippen molar-refractivity contribution in [1.82, 2.24) is 10.1 Å². The number of aromatic nitrogens is 2. The lowest BCUT2D eigenvalue weighted by Gasteiger charge is -2.08. The smallest absolute Gasteiger partial charge is 0.321 e. The molecule has 1 aromatic heterocycles. The molecule has 0 saturated heterocycles. The lowest BCUT2D eigenvalue weighted by Crippen LogP contribution is -2.12. The zero-order valence-corrected chi connectivity index (χ0v) is 8.08. The van der Waals surface area contributed by atoms with E-state index >= 15 is 0 Å². The van der Waals surface area contributed by atoms with E-state index in [1.165, 1.54) is 12.8 Å². The van der Waals surface area contributed by atoms with Crippen LogP contribution in [0.4, 0.5) is 6.01 Å². The predicted molar refractivity (Wildman–Crippen MR) is 49.4 cm³/mol. The summed E-state index contributed by atoms with van der Waals surface area (Å²) in [6.07, 6.45) is 2.76. The number of anilines is 1. The van der Waals surface area contributed by atoms with Crippen molar-refractivity contribution in [1.29, 1.82) is 0 Å². The van der Waals surface area contributed by atoms with Gasteiger partial charge >= 0.3 is 6.01 Å². The standard InChI is InChI=1S/C9H15N3O/c1-6(8-3-4-8)5-10-9-11-7(2)12-13-9/h6,8H,3-5H2,1-2H3,(H,10,11,12). The van der Waals surface area contributed by atoms with Crippen LogP contribution in [0.2, 0.25) is 0 Å². The molecule has 0 radical (unpaired) electrons. The summed E-state index contributed by atoms with van der Waals surface area (Å²) in [7, 11) is 0. The van der Waals surface area contributed by atoms with Gasteiger partial charge < -0.3 is 9.84 Å². The minimum atomic E-state index is 0.546. The summed E-state index contributed by atoms with van der Waals surface area (Å²) in [6.45, 7) is 5.01. The van der Waals surface area contributed by atoms with Gasteiger partial charge in [-0.2, -0.15) is 4.98 Å². The van der Waals surface area contributed by atoms with Crippen molar-refractivity contribution in [2.24, 2.45) is 11.8 Å². The maximum Gasteiger partial charge on any atom is 0.321 e. The number of nitrogens with zero attached hydrogens (tertiary/aromatic N) is 2. The van der Waals surface area contributed by atoms with E-state index in [0.717, 1.165) is 12.5 Å². The molecule has 72 valence electrons. The summed E-state index contributed by atoms with van der Waals surface area (Å²) in [5.41, 5.74) is 0. The monoisotopic (exact) mass is 181 g/mol. The Morgan fingerprint density at radius 1 is 1.62 bits per heavy atom. The molecule has 4 nitrogen and oxygen atoms in total. The zero-order valence-electron chi connectivity index (χ0n) is 8.08. The van der Waals surface area contributed by atoms with Gasteiger partial charge in [0.2, 0.25) is 0 Å². The van der Waals surface area contributed by atoms with E-state index < -0.39 is 0 Å². The van der Waals surface area contributed by atoms with Crippen molar-refractivity contribution in [3.8, 4) is 0 Å². The van der Waals surface area contributed by atoms with Crippen molar-refractivity contribution >= 4 is 6.01 Å². The first-order valence-corrected chi connectivity index (χ1v) is 4.80. The van der Waals surface area contributed by atoms with E-state index in [-0.39, 0.29) is 0 Å². The van der Waals surface area contributed by atoms with Gasteiger partial charge in [-0.05, 0) is 31.6 Å². The topological polar surface area (TPSA) is 51.0 Å². The summed E-state index contributed by atoms with van der Waals surface area (Å²) in [4.78, 5) is 4.07. The minimum absolute atomic E-state index is 0.546. The quantitative estimate of drug-likeness (QED) is 0.770. The molecule has 1 N–H and O–H groups in total. The van der Waals surface area contributed by atoms with Gasteiger partial charge in [0.15, 0.2) is 5.82 Å². The van der Waals surface area contributed by atoms with Crippen molar-refractivity contribution in [3.63, 3.8) is 0 Å². The van der Waals surface area contributed by atoms with Crippen LogP contribution in [0.5, 0.6) is 0 Å². The molecule has 1 fully saturated rings. The van der Waals surface area contributed by atoms with E-state index in [1.54, 1.807) is 0 Å². The molecule has 1 saturated carbocycles. The van der Waals surface area contributed by atoms with Gasteiger partial charge in [-0.25, -0.2) is 0 Å². The SMILES string of the molecule is Cc1noc(NCC(C)C2CC2)n1. The van der Waals surface area contributed by atoms with E-state index in [2.05, 4.69) is 22.4 Å². The molecule has 0 bridgehead atoms. The van der Waals surface area contributed by atoms with Crippen LogP contribution in [0.25, 0.3) is 0 Å². The summed E-state index contributed by atoms with van der Waals surface area (Å²) < 4.78 is 4.94. The lowest BCUT2D eigenvalue weighted by molar-refractivity contribution is 0.420. The molecule has 1 aliphatic rings. The van der Waals surface area contributed by atoms with E-state index in [1.807, 2.05) is 6.92 Å². The molecule has 0 spiro atoms. The fourth-order valence-corrected chi connectivity index (χ4v) is 1.45. The average Bonchev–Trinajstić information content (AvgIpc) is 2.87. The van der Waals surface area contributed by atoms with Crippen LogP contribution in [0, 0.1) is 18.8 Å². The molecule has 4 heteroatoms. The minimum Gasteiger partial charge on any atom is -0.337 e. The van der Waals surface area contributed by atoms with Crippen LogP contribution in [-0.2, 0) is 0 Å². The van der Waals surface area contributed by atoms with Gasteiger partial charge in [-0.3, -0.25) is 0 Å². The first-order valence-electron chi connectivity index (χ1n) is 4.80. The highest BCUT2D eigenvalue weighted by atomic mass is 16.5. The highest BCUT2D eigenvalue weighted by Crippen LogP contribution is 2.36. The van der Waals surface area contributed by atoms with Crippen molar-refractivity contribution in [2.75, 3.05) is 11.9 Å². The predicted octanol–water partition coefficient (Wildman–Crippen LogP) is 1.84. The second-order valence-corrected chi connectivity index (χ2v) is 3.84. The van der Waals surface area contributed by atoms with Crippen molar-refractivity contribution < 1.29 is 4.52 Å². The number of nitrogens with one attached hydrogen (secondary N) is 1. The maximum absolute atomic E-state index is 4.94.